The zero-order valence-corrected chi connectivity index (χ0v) is 16.6. The maximum Gasteiger partial charge on any atom is 0.245 e. The Morgan fingerprint density at radius 1 is 1.30 bits per heavy atom. The van der Waals surface area contributed by atoms with Crippen molar-refractivity contribution in [1.82, 2.24) is 19.6 Å². The van der Waals surface area contributed by atoms with E-state index in [2.05, 4.69) is 15.6 Å². The summed E-state index contributed by atoms with van der Waals surface area (Å²) in [6.07, 6.45) is 2.28. The van der Waals surface area contributed by atoms with Crippen molar-refractivity contribution >= 4 is 27.4 Å². The Morgan fingerprint density at radius 2 is 2.11 bits per heavy atom. The van der Waals surface area contributed by atoms with E-state index in [1.807, 2.05) is 7.05 Å². The number of sulfonamides is 1. The van der Waals surface area contributed by atoms with E-state index in [0.717, 1.165) is 43.0 Å². The minimum atomic E-state index is -3.72. The molecule has 2 aliphatic rings. The lowest BCUT2D eigenvalue weighted by atomic mass is 10.1. The van der Waals surface area contributed by atoms with E-state index in [-0.39, 0.29) is 16.0 Å². The van der Waals surface area contributed by atoms with Gasteiger partial charge >= 0.3 is 0 Å². The van der Waals surface area contributed by atoms with Crippen LogP contribution in [0.15, 0.2) is 29.2 Å². The van der Waals surface area contributed by atoms with Crippen molar-refractivity contribution in [1.29, 1.82) is 0 Å². The van der Waals surface area contributed by atoms with Crippen LogP contribution in [0.5, 0.6) is 0 Å². The summed E-state index contributed by atoms with van der Waals surface area (Å²) in [5.74, 6) is 1.33. The van der Waals surface area contributed by atoms with Gasteiger partial charge < -0.3 is 10.6 Å². The second kappa shape index (κ2) is 7.35. The van der Waals surface area contributed by atoms with Gasteiger partial charge in [0.05, 0.1) is 16.8 Å². The zero-order chi connectivity index (χ0) is 19.0. The number of fused-ring (bicyclic) bond motifs is 1. The fraction of sp³-hybridized carbons (Fsp3) is 0.444. The molecule has 0 amide bonds. The second-order valence-electron chi connectivity index (χ2n) is 6.74. The van der Waals surface area contributed by atoms with Crippen molar-refractivity contribution in [2.45, 2.75) is 36.7 Å². The van der Waals surface area contributed by atoms with Gasteiger partial charge in [-0.05, 0) is 25.0 Å². The van der Waals surface area contributed by atoms with Crippen molar-refractivity contribution in [2.75, 3.05) is 25.5 Å². The molecule has 0 radical (unpaired) electrons. The fourth-order valence-electron chi connectivity index (χ4n) is 3.78. The third kappa shape index (κ3) is 3.31. The van der Waals surface area contributed by atoms with E-state index in [1.165, 1.54) is 4.31 Å². The molecule has 2 aromatic rings. The monoisotopic (exact) mass is 407 g/mol. The van der Waals surface area contributed by atoms with Crippen LogP contribution in [0, 0.1) is 0 Å². The molecule has 1 aromatic carbocycles. The molecule has 2 N–H and O–H groups in total. The summed E-state index contributed by atoms with van der Waals surface area (Å²) in [5.41, 5.74) is 2.05. The van der Waals surface area contributed by atoms with Gasteiger partial charge in [0.15, 0.2) is 0 Å². The van der Waals surface area contributed by atoms with Gasteiger partial charge in [-0.3, -0.25) is 0 Å². The van der Waals surface area contributed by atoms with Crippen molar-refractivity contribution in [3.8, 4) is 0 Å². The van der Waals surface area contributed by atoms with E-state index in [1.54, 1.807) is 24.3 Å². The highest BCUT2D eigenvalue weighted by Gasteiger charge is 2.39. The van der Waals surface area contributed by atoms with Crippen LogP contribution < -0.4 is 10.6 Å². The molecule has 1 atom stereocenters. The molecule has 4 rings (SSSR count). The fourth-order valence-corrected chi connectivity index (χ4v) is 5.93. The minimum Gasteiger partial charge on any atom is -0.373 e. The standard InChI is InChI=1S/C18H22ClN5O2S/c1-20-17-12-11-21-9-8-14(12)22-18(23-17)15-6-4-10-24(15)27(25,26)16-7-3-2-5-13(16)19/h2-3,5,7,15,21H,4,6,8-11H2,1H3,(H,20,22,23). The highest BCUT2D eigenvalue weighted by atomic mass is 35.5. The Labute approximate surface area is 164 Å². The number of hydrogen-bond acceptors (Lipinski definition) is 6. The van der Waals surface area contributed by atoms with Gasteiger partial charge in [0, 0.05) is 38.7 Å². The van der Waals surface area contributed by atoms with Crippen LogP contribution in [0.25, 0.3) is 0 Å². The van der Waals surface area contributed by atoms with E-state index in [0.29, 0.717) is 18.8 Å². The predicted molar refractivity (Wildman–Crippen MR) is 104 cm³/mol. The molecule has 1 fully saturated rings. The Hall–Kier alpha value is -1.74. The van der Waals surface area contributed by atoms with Gasteiger partial charge in [-0.2, -0.15) is 4.31 Å². The number of rotatable bonds is 4. The van der Waals surface area contributed by atoms with Crippen LogP contribution in [-0.4, -0.2) is 42.8 Å². The van der Waals surface area contributed by atoms with Crippen molar-refractivity contribution in [3.63, 3.8) is 0 Å². The molecule has 0 aliphatic carbocycles. The molecule has 144 valence electrons. The summed E-state index contributed by atoms with van der Waals surface area (Å²) in [6.45, 7) is 2.02. The highest BCUT2D eigenvalue weighted by Crippen LogP contribution is 2.37. The lowest BCUT2D eigenvalue weighted by molar-refractivity contribution is 0.382. The van der Waals surface area contributed by atoms with E-state index < -0.39 is 10.0 Å². The Balaban J connectivity index is 1.75. The SMILES string of the molecule is CNc1nc(C2CCCN2S(=O)(=O)c2ccccc2Cl)nc2c1CNCC2. The largest absolute Gasteiger partial charge is 0.373 e. The number of benzene rings is 1. The molecular formula is C18H22ClN5O2S. The highest BCUT2D eigenvalue weighted by molar-refractivity contribution is 7.89. The number of aromatic nitrogens is 2. The van der Waals surface area contributed by atoms with Gasteiger partial charge in [-0.15, -0.1) is 0 Å². The maximum absolute atomic E-state index is 13.2. The smallest absolute Gasteiger partial charge is 0.245 e. The Bertz CT molecular complexity index is 949. The first kappa shape index (κ1) is 18.6. The van der Waals surface area contributed by atoms with E-state index >= 15 is 0 Å². The van der Waals surface area contributed by atoms with Crippen molar-refractivity contribution in [3.05, 3.63) is 46.4 Å². The van der Waals surface area contributed by atoms with Crippen LogP contribution in [0.3, 0.4) is 0 Å². The summed E-state index contributed by atoms with van der Waals surface area (Å²) < 4.78 is 28.0. The number of nitrogens with zero attached hydrogens (tertiary/aromatic N) is 3. The lowest BCUT2D eigenvalue weighted by Crippen LogP contribution is -2.33. The molecule has 0 bridgehead atoms. The molecule has 1 aromatic heterocycles. The van der Waals surface area contributed by atoms with Crippen LogP contribution in [0.4, 0.5) is 5.82 Å². The van der Waals surface area contributed by atoms with Crippen LogP contribution in [0.2, 0.25) is 5.02 Å². The summed E-state index contributed by atoms with van der Waals surface area (Å²) >= 11 is 6.17. The molecule has 7 nitrogen and oxygen atoms in total. The summed E-state index contributed by atoms with van der Waals surface area (Å²) in [4.78, 5) is 9.55. The minimum absolute atomic E-state index is 0.134. The number of hydrogen-bond donors (Lipinski definition) is 2. The molecule has 2 aliphatic heterocycles. The summed E-state index contributed by atoms with van der Waals surface area (Å²) in [7, 11) is -1.89. The number of anilines is 1. The third-order valence-electron chi connectivity index (χ3n) is 5.11. The molecule has 1 unspecified atom stereocenters. The van der Waals surface area contributed by atoms with Crippen molar-refractivity contribution in [2.24, 2.45) is 0 Å². The van der Waals surface area contributed by atoms with Crippen LogP contribution in [0.1, 0.15) is 36.0 Å². The molecule has 3 heterocycles. The molecule has 1 saturated heterocycles. The quantitative estimate of drug-likeness (QED) is 0.808. The van der Waals surface area contributed by atoms with Gasteiger partial charge in [-0.25, -0.2) is 18.4 Å². The lowest BCUT2D eigenvalue weighted by Gasteiger charge is -2.26. The maximum atomic E-state index is 13.2. The van der Waals surface area contributed by atoms with E-state index in [4.69, 9.17) is 16.6 Å². The first-order valence-electron chi connectivity index (χ1n) is 9.07. The summed E-state index contributed by atoms with van der Waals surface area (Å²) in [6, 6.07) is 6.18. The van der Waals surface area contributed by atoms with Gasteiger partial charge in [0.2, 0.25) is 10.0 Å². The predicted octanol–water partition coefficient (Wildman–Crippen LogP) is 2.34. The Kier molecular flexibility index (Phi) is 5.07. The molecule has 9 heteroatoms. The zero-order valence-electron chi connectivity index (χ0n) is 15.1. The number of nitrogens with one attached hydrogen (secondary N) is 2. The average Bonchev–Trinajstić information content (AvgIpc) is 3.18. The van der Waals surface area contributed by atoms with Crippen LogP contribution >= 0.6 is 11.6 Å². The van der Waals surface area contributed by atoms with Gasteiger partial charge in [0.25, 0.3) is 0 Å². The first-order chi connectivity index (χ1) is 13.0. The normalized spacial score (nSPS) is 20.4. The van der Waals surface area contributed by atoms with Crippen LogP contribution in [-0.2, 0) is 23.0 Å². The van der Waals surface area contributed by atoms with Crippen molar-refractivity contribution < 1.29 is 8.42 Å². The molecule has 27 heavy (non-hydrogen) atoms. The van der Waals surface area contributed by atoms with Gasteiger partial charge in [-0.1, -0.05) is 23.7 Å². The molecule has 0 saturated carbocycles. The first-order valence-corrected chi connectivity index (χ1v) is 10.9. The summed E-state index contributed by atoms with van der Waals surface area (Å²) in [5, 5.41) is 6.69. The van der Waals surface area contributed by atoms with Gasteiger partial charge in [0.1, 0.15) is 16.5 Å². The molecular weight excluding hydrogens is 386 g/mol. The molecule has 0 spiro atoms. The Morgan fingerprint density at radius 3 is 2.89 bits per heavy atom. The third-order valence-corrected chi connectivity index (χ3v) is 7.52. The topological polar surface area (TPSA) is 87.2 Å². The average molecular weight is 408 g/mol. The van der Waals surface area contributed by atoms with E-state index in [9.17, 15) is 8.42 Å². The second-order valence-corrected chi connectivity index (χ2v) is 9.00. The number of halogens is 1.